The molecule has 8 atom stereocenters. The number of carbonyl (C=O) groups excluding carboxylic acids is 8. The number of aliphatic carboxylic acids is 1. The Balaban J connectivity index is 2.02. The first-order chi connectivity index (χ1) is 28.3. The van der Waals surface area contributed by atoms with E-state index in [0.29, 0.717) is 31.4 Å². The monoisotopic (exact) mass is 846 g/mol. The quantitative estimate of drug-likeness (QED) is 0.0451. The van der Waals surface area contributed by atoms with Crippen LogP contribution in [0.2, 0.25) is 0 Å². The minimum absolute atomic E-state index is 0.0131. The van der Waals surface area contributed by atoms with Crippen molar-refractivity contribution < 1.29 is 53.4 Å². The molecule has 0 spiro atoms. The molecule has 0 saturated carbocycles. The predicted octanol–water partition coefficient (Wildman–Crippen LogP) is -3.51. The van der Waals surface area contributed by atoms with Gasteiger partial charge in [0.1, 0.15) is 36.3 Å². The lowest BCUT2D eigenvalue weighted by molar-refractivity contribution is -0.144. The van der Waals surface area contributed by atoms with Crippen molar-refractivity contribution in [2.24, 2.45) is 17.4 Å². The lowest BCUT2D eigenvalue weighted by Crippen LogP contribution is -2.59. The maximum absolute atomic E-state index is 13.4. The van der Waals surface area contributed by atoms with Crippen LogP contribution in [-0.2, 0) is 49.6 Å². The van der Waals surface area contributed by atoms with Crippen LogP contribution in [0.3, 0.4) is 0 Å². The smallest absolute Gasteiger partial charge is 0.326 e. The number of carboxylic acid groups (broad SMARTS) is 1. The predicted molar refractivity (Wildman–Crippen MR) is 217 cm³/mol. The van der Waals surface area contributed by atoms with Gasteiger partial charge in [-0.05, 0) is 70.9 Å². The highest BCUT2D eigenvalue weighted by Gasteiger charge is 2.38. The Bertz CT molecular complexity index is 1660. The summed E-state index contributed by atoms with van der Waals surface area (Å²) in [4.78, 5) is 117. The van der Waals surface area contributed by atoms with Crippen LogP contribution in [-0.4, -0.2) is 143 Å². The van der Waals surface area contributed by atoms with Gasteiger partial charge < -0.3 is 63.8 Å². The van der Waals surface area contributed by atoms with Crippen molar-refractivity contribution in [1.29, 1.82) is 0 Å². The van der Waals surface area contributed by atoms with E-state index in [2.05, 4.69) is 37.2 Å². The van der Waals surface area contributed by atoms with Gasteiger partial charge in [0.15, 0.2) is 0 Å². The number of unbranched alkanes of at least 4 members (excludes halogenated alkanes) is 1. The van der Waals surface area contributed by atoms with E-state index in [9.17, 15) is 53.4 Å². The molecule has 2 rings (SSSR count). The second kappa shape index (κ2) is 25.1. The van der Waals surface area contributed by atoms with E-state index in [0.717, 1.165) is 0 Å². The van der Waals surface area contributed by atoms with Crippen molar-refractivity contribution in [1.82, 2.24) is 42.1 Å². The minimum atomic E-state index is -1.51. The summed E-state index contributed by atoms with van der Waals surface area (Å²) in [5, 5.41) is 37.0. The molecule has 1 saturated heterocycles. The Morgan fingerprint density at radius 3 is 1.98 bits per heavy atom. The van der Waals surface area contributed by atoms with Gasteiger partial charge >= 0.3 is 5.97 Å². The summed E-state index contributed by atoms with van der Waals surface area (Å²) in [5.41, 5.74) is 11.9. The maximum Gasteiger partial charge on any atom is 0.326 e. The van der Waals surface area contributed by atoms with Crippen LogP contribution in [0.5, 0.6) is 0 Å². The molecule has 0 radical (unpaired) electrons. The fourth-order valence-electron chi connectivity index (χ4n) is 6.18. The van der Waals surface area contributed by atoms with Gasteiger partial charge in [-0.1, -0.05) is 44.2 Å². The highest BCUT2D eigenvalue weighted by molar-refractivity contribution is 5.97. The van der Waals surface area contributed by atoms with Crippen molar-refractivity contribution >= 4 is 53.2 Å². The van der Waals surface area contributed by atoms with Crippen molar-refractivity contribution in [3.8, 4) is 0 Å². The molecular formula is C39H62N10O11. The molecule has 0 unspecified atom stereocenters. The van der Waals surface area contributed by atoms with E-state index >= 15 is 0 Å². The van der Waals surface area contributed by atoms with Gasteiger partial charge in [-0.3, -0.25) is 38.4 Å². The van der Waals surface area contributed by atoms with Crippen LogP contribution in [0.1, 0.15) is 72.3 Å². The molecule has 8 amide bonds. The first-order valence-corrected chi connectivity index (χ1v) is 20.0. The topological polar surface area (TPSA) is 334 Å². The molecule has 13 N–H and O–H groups in total. The van der Waals surface area contributed by atoms with Crippen molar-refractivity contribution in [2.75, 3.05) is 26.2 Å². The highest BCUT2D eigenvalue weighted by atomic mass is 16.4. The number of aliphatic hydroxyl groups excluding tert-OH is 1. The third-order valence-corrected chi connectivity index (χ3v) is 9.69. The van der Waals surface area contributed by atoms with Gasteiger partial charge in [-0.2, -0.15) is 0 Å². The molecule has 60 heavy (non-hydrogen) atoms. The summed E-state index contributed by atoms with van der Waals surface area (Å²) in [5.74, 6) is -7.51. The van der Waals surface area contributed by atoms with E-state index in [1.54, 1.807) is 44.2 Å². The van der Waals surface area contributed by atoms with Gasteiger partial charge in [-0.15, -0.1) is 0 Å². The normalized spacial score (nSPS) is 17.1. The van der Waals surface area contributed by atoms with Crippen LogP contribution in [0.4, 0.5) is 0 Å². The summed E-state index contributed by atoms with van der Waals surface area (Å²) >= 11 is 0. The zero-order valence-corrected chi connectivity index (χ0v) is 34.8. The molecule has 21 heteroatoms. The van der Waals surface area contributed by atoms with Gasteiger partial charge in [0, 0.05) is 13.0 Å². The van der Waals surface area contributed by atoms with E-state index in [4.69, 9.17) is 11.5 Å². The maximum atomic E-state index is 13.4. The third-order valence-electron chi connectivity index (χ3n) is 9.69. The van der Waals surface area contributed by atoms with Crippen molar-refractivity contribution in [3.05, 3.63) is 35.9 Å². The first-order valence-electron chi connectivity index (χ1n) is 20.0. The van der Waals surface area contributed by atoms with E-state index in [1.165, 1.54) is 25.7 Å². The number of carboxylic acids is 1. The standard InChI is InChI=1S/C39H62N10O11/c1-21(2)31(39(59)60)47-38(58)32(24(5)50)48-37(57)28-15-11-17-49(28)30(52)20-42-29(51)19-43-35(55)27(18-25-12-7-6-8-13-25)46-34(54)23(4)44-36(56)26(14-9-10-16-40)45-33(53)22(3)41/h6-8,12-13,21-24,26-28,31-32,50H,9-11,14-20,40-41H2,1-5H3,(H,42,51)(H,43,55)(H,44,56)(H,45,53)(H,46,54)(H,47,58)(H,48,57)(H,59,60)/t22-,23-,24+,26-,27-,28-,31-,32-/m0/s1. The molecule has 334 valence electrons. The number of benzene rings is 1. The van der Waals surface area contributed by atoms with E-state index in [-0.39, 0.29) is 25.8 Å². The summed E-state index contributed by atoms with van der Waals surface area (Å²) in [7, 11) is 0. The third kappa shape index (κ3) is 16.5. The average molecular weight is 847 g/mol. The summed E-state index contributed by atoms with van der Waals surface area (Å²) in [6, 6.07) is 0.650. The molecule has 21 nitrogen and oxygen atoms in total. The number of hydrogen-bond acceptors (Lipinski definition) is 12. The molecule has 1 aromatic rings. The van der Waals surface area contributed by atoms with Gasteiger partial charge in [-0.25, -0.2) is 4.79 Å². The highest BCUT2D eigenvalue weighted by Crippen LogP contribution is 2.18. The number of likely N-dealkylation sites (tertiary alicyclic amines) is 1. The lowest BCUT2D eigenvalue weighted by Gasteiger charge is -2.28. The van der Waals surface area contributed by atoms with Crippen molar-refractivity contribution in [3.63, 3.8) is 0 Å². The molecule has 0 bridgehead atoms. The molecule has 1 heterocycles. The van der Waals surface area contributed by atoms with Crippen LogP contribution < -0.4 is 48.7 Å². The largest absolute Gasteiger partial charge is 0.480 e. The molecule has 1 fully saturated rings. The van der Waals surface area contributed by atoms with Gasteiger partial charge in [0.2, 0.25) is 47.3 Å². The fraction of sp³-hybridized carbons (Fsp3) is 0.615. The van der Waals surface area contributed by atoms with Crippen LogP contribution in [0, 0.1) is 5.92 Å². The number of amides is 8. The van der Waals surface area contributed by atoms with Crippen LogP contribution >= 0.6 is 0 Å². The molecule has 1 aromatic carbocycles. The molecular weight excluding hydrogens is 784 g/mol. The fourth-order valence-corrected chi connectivity index (χ4v) is 6.18. The number of hydrogen-bond donors (Lipinski definition) is 11. The number of rotatable bonds is 24. The van der Waals surface area contributed by atoms with E-state index in [1.807, 2.05) is 0 Å². The Kier molecular flexibility index (Phi) is 21.1. The van der Waals surface area contributed by atoms with Crippen LogP contribution in [0.25, 0.3) is 0 Å². The Labute approximate surface area is 349 Å². The molecule has 1 aliphatic heterocycles. The summed E-state index contributed by atoms with van der Waals surface area (Å²) in [6.45, 7) is 6.67. The van der Waals surface area contributed by atoms with Crippen molar-refractivity contribution in [2.45, 2.75) is 122 Å². The number of carbonyl (C=O) groups is 9. The summed E-state index contributed by atoms with van der Waals surface area (Å²) < 4.78 is 0. The zero-order chi connectivity index (χ0) is 45.1. The molecule has 0 aromatic heterocycles. The van der Waals surface area contributed by atoms with Crippen LogP contribution in [0.15, 0.2) is 30.3 Å². The molecule has 0 aliphatic carbocycles. The number of nitrogens with two attached hydrogens (primary N) is 2. The van der Waals surface area contributed by atoms with Gasteiger partial charge in [0.25, 0.3) is 0 Å². The Hall–Kier alpha value is -5.67. The number of aliphatic hydroxyl groups is 1. The van der Waals surface area contributed by atoms with Gasteiger partial charge in [0.05, 0.1) is 25.2 Å². The average Bonchev–Trinajstić information content (AvgIpc) is 3.69. The zero-order valence-electron chi connectivity index (χ0n) is 34.8. The Morgan fingerprint density at radius 1 is 0.750 bits per heavy atom. The second-order valence-electron chi connectivity index (χ2n) is 15.2. The second-order valence-corrected chi connectivity index (χ2v) is 15.2. The minimum Gasteiger partial charge on any atom is -0.480 e. The molecule has 1 aliphatic rings. The Morgan fingerprint density at radius 2 is 1.40 bits per heavy atom. The lowest BCUT2D eigenvalue weighted by atomic mass is 10.0. The summed E-state index contributed by atoms with van der Waals surface area (Å²) in [6.07, 6.45) is 0.617. The number of nitrogens with one attached hydrogen (secondary N) is 7. The first kappa shape index (κ1) is 50.5. The SMILES string of the molecule is CC(C)[C@H](NC(=O)[C@@H](NC(=O)[C@@H]1CCCN1C(=O)CNC(=O)CNC(=O)[C@H](Cc1ccccc1)NC(=O)[C@H](C)NC(=O)[C@H](CCCCN)NC(=O)[C@H](C)N)[C@@H](C)O)C(=O)O. The number of nitrogens with zero attached hydrogens (tertiary/aromatic N) is 1. The van der Waals surface area contributed by atoms with E-state index < -0.39 is 121 Å².